The number of hydroxylamine groups is 1. The van der Waals surface area contributed by atoms with Crippen LogP contribution in [0.1, 0.15) is 13.8 Å². The van der Waals surface area contributed by atoms with Gasteiger partial charge in [-0.15, -0.1) is 0 Å². The molecule has 0 radical (unpaired) electrons. The van der Waals surface area contributed by atoms with Crippen LogP contribution in [0.4, 0.5) is 0 Å². The van der Waals surface area contributed by atoms with E-state index >= 15 is 0 Å². The lowest BCUT2D eigenvalue weighted by Gasteiger charge is -2.23. The summed E-state index contributed by atoms with van der Waals surface area (Å²) in [6.45, 7) is 3.52. The lowest BCUT2D eigenvalue weighted by Crippen LogP contribution is -2.39. The third-order valence-electron chi connectivity index (χ3n) is 0.735. The van der Waals surface area contributed by atoms with Crippen molar-refractivity contribution < 1.29 is 14.6 Å². The van der Waals surface area contributed by atoms with Gasteiger partial charge in [0.2, 0.25) is 6.29 Å². The van der Waals surface area contributed by atoms with E-state index in [0.717, 1.165) is 0 Å². The molecule has 0 saturated carbocycles. The largest absolute Gasteiger partial charge is 0.265 e. The Morgan fingerprint density at radius 3 is 2.38 bits per heavy atom. The second-order valence-corrected chi connectivity index (χ2v) is 1.64. The van der Waals surface area contributed by atoms with E-state index < -0.39 is 0 Å². The van der Waals surface area contributed by atoms with Crippen molar-refractivity contribution in [1.82, 2.24) is 5.48 Å². The SMILES string of the molecule is CC1NOC(C)OO1. The molecule has 4 nitrogen and oxygen atoms in total. The Hall–Kier alpha value is -0.160. The Morgan fingerprint density at radius 1 is 1.25 bits per heavy atom. The van der Waals surface area contributed by atoms with Crippen molar-refractivity contribution in [3.8, 4) is 0 Å². The fourth-order valence-electron chi connectivity index (χ4n) is 0.392. The van der Waals surface area contributed by atoms with Crippen molar-refractivity contribution in [3.63, 3.8) is 0 Å². The molecule has 0 spiro atoms. The molecule has 48 valence electrons. The number of nitrogens with one attached hydrogen (secondary N) is 1. The van der Waals surface area contributed by atoms with Gasteiger partial charge in [-0.25, -0.2) is 9.78 Å². The van der Waals surface area contributed by atoms with Crippen LogP contribution in [-0.2, 0) is 14.6 Å². The van der Waals surface area contributed by atoms with Crippen LogP contribution >= 0.6 is 0 Å². The molecule has 2 atom stereocenters. The van der Waals surface area contributed by atoms with Crippen LogP contribution in [0.5, 0.6) is 0 Å². The average Bonchev–Trinajstić information content (AvgIpc) is 1.77. The monoisotopic (exact) mass is 119 g/mol. The maximum atomic E-state index is 4.79. The summed E-state index contributed by atoms with van der Waals surface area (Å²) in [6, 6.07) is 0. The first-order valence-corrected chi connectivity index (χ1v) is 2.52. The topological polar surface area (TPSA) is 39.7 Å². The highest BCUT2D eigenvalue weighted by atomic mass is 17.3. The molecule has 0 aromatic rings. The van der Waals surface area contributed by atoms with Crippen molar-refractivity contribution in [2.45, 2.75) is 26.4 Å². The van der Waals surface area contributed by atoms with E-state index in [9.17, 15) is 0 Å². The zero-order valence-electron chi connectivity index (χ0n) is 4.88. The van der Waals surface area contributed by atoms with E-state index in [1.54, 1.807) is 13.8 Å². The molecule has 1 rings (SSSR count). The maximum absolute atomic E-state index is 4.79. The second-order valence-electron chi connectivity index (χ2n) is 1.64. The highest BCUT2D eigenvalue weighted by molar-refractivity contribution is 4.35. The van der Waals surface area contributed by atoms with Crippen LogP contribution in [-0.4, -0.2) is 12.5 Å². The Kier molecular flexibility index (Phi) is 1.80. The van der Waals surface area contributed by atoms with Crippen LogP contribution in [0.25, 0.3) is 0 Å². The predicted octanol–water partition coefficient (Wildman–Crippen LogP) is 0.161. The Morgan fingerprint density at radius 2 is 2.00 bits per heavy atom. The van der Waals surface area contributed by atoms with Crippen molar-refractivity contribution in [1.29, 1.82) is 0 Å². The first kappa shape index (κ1) is 5.97. The molecule has 8 heavy (non-hydrogen) atoms. The first-order chi connectivity index (χ1) is 3.79. The molecule has 0 bridgehead atoms. The highest BCUT2D eigenvalue weighted by Gasteiger charge is 2.14. The molecule has 1 fully saturated rings. The quantitative estimate of drug-likeness (QED) is 0.461. The zero-order chi connectivity index (χ0) is 5.98. The molecular formula is C4H9NO3. The van der Waals surface area contributed by atoms with E-state index in [-0.39, 0.29) is 12.5 Å². The Labute approximate surface area is 47.6 Å². The molecule has 1 aliphatic heterocycles. The average molecular weight is 119 g/mol. The van der Waals surface area contributed by atoms with E-state index in [1.807, 2.05) is 0 Å². The van der Waals surface area contributed by atoms with Gasteiger partial charge in [0.25, 0.3) is 0 Å². The molecule has 0 aromatic heterocycles. The Bertz CT molecular complexity index is 59.7. The van der Waals surface area contributed by atoms with E-state index in [4.69, 9.17) is 4.84 Å². The fourth-order valence-corrected chi connectivity index (χ4v) is 0.392. The van der Waals surface area contributed by atoms with Crippen LogP contribution < -0.4 is 5.48 Å². The van der Waals surface area contributed by atoms with Crippen LogP contribution in [0, 0.1) is 0 Å². The standard InChI is InChI=1S/C4H9NO3/c1-3-5-6-4(2)8-7-3/h3-5H,1-2H3. The van der Waals surface area contributed by atoms with Gasteiger partial charge >= 0.3 is 0 Å². The third kappa shape index (κ3) is 1.41. The van der Waals surface area contributed by atoms with Gasteiger partial charge in [0.1, 0.15) is 0 Å². The molecule has 1 saturated heterocycles. The van der Waals surface area contributed by atoms with Gasteiger partial charge in [-0.3, -0.25) is 4.84 Å². The molecule has 0 aromatic carbocycles. The summed E-state index contributed by atoms with van der Waals surface area (Å²) in [7, 11) is 0. The third-order valence-corrected chi connectivity index (χ3v) is 0.735. The van der Waals surface area contributed by atoms with Gasteiger partial charge < -0.3 is 0 Å². The van der Waals surface area contributed by atoms with E-state index in [0.29, 0.717) is 0 Å². The smallest absolute Gasteiger partial charge is 0.208 e. The second kappa shape index (κ2) is 2.41. The van der Waals surface area contributed by atoms with Crippen LogP contribution in [0.15, 0.2) is 0 Å². The van der Waals surface area contributed by atoms with Crippen molar-refractivity contribution in [3.05, 3.63) is 0 Å². The first-order valence-electron chi connectivity index (χ1n) is 2.52. The van der Waals surface area contributed by atoms with Gasteiger partial charge in [0.15, 0.2) is 6.23 Å². The molecule has 1 aliphatic rings. The summed E-state index contributed by atoms with van der Waals surface area (Å²) in [4.78, 5) is 14.1. The van der Waals surface area contributed by atoms with Gasteiger partial charge in [0.05, 0.1) is 0 Å². The molecular weight excluding hydrogens is 110 g/mol. The molecule has 0 aliphatic carbocycles. The summed E-state index contributed by atoms with van der Waals surface area (Å²) in [5.41, 5.74) is 2.58. The van der Waals surface area contributed by atoms with Crippen molar-refractivity contribution in [2.75, 3.05) is 0 Å². The van der Waals surface area contributed by atoms with Crippen molar-refractivity contribution >= 4 is 0 Å². The molecule has 1 N–H and O–H groups in total. The maximum Gasteiger partial charge on any atom is 0.208 e. The molecule has 2 unspecified atom stereocenters. The Balaban J connectivity index is 2.19. The minimum absolute atomic E-state index is 0.175. The molecule has 4 heteroatoms. The summed E-state index contributed by atoms with van der Waals surface area (Å²) in [5, 5.41) is 0. The lowest BCUT2D eigenvalue weighted by atomic mass is 10.7. The normalized spacial score (nSPS) is 39.8. The predicted molar refractivity (Wildman–Crippen MR) is 25.3 cm³/mol. The number of hydrogen-bond donors (Lipinski definition) is 1. The number of hydrogen-bond acceptors (Lipinski definition) is 4. The fraction of sp³-hybridized carbons (Fsp3) is 1.00. The molecule has 1 heterocycles. The zero-order valence-corrected chi connectivity index (χ0v) is 4.88. The van der Waals surface area contributed by atoms with E-state index in [1.165, 1.54) is 0 Å². The van der Waals surface area contributed by atoms with Gasteiger partial charge in [-0.1, -0.05) is 0 Å². The summed E-state index contributed by atoms with van der Waals surface area (Å²) < 4.78 is 0. The van der Waals surface area contributed by atoms with E-state index in [2.05, 4.69) is 15.3 Å². The number of rotatable bonds is 0. The summed E-state index contributed by atoms with van der Waals surface area (Å²) in [6.07, 6.45) is -0.489. The minimum Gasteiger partial charge on any atom is -0.265 e. The minimum atomic E-state index is -0.314. The summed E-state index contributed by atoms with van der Waals surface area (Å²) >= 11 is 0. The highest BCUT2D eigenvalue weighted by Crippen LogP contribution is 2.01. The van der Waals surface area contributed by atoms with Crippen molar-refractivity contribution in [2.24, 2.45) is 0 Å². The molecule has 0 amide bonds. The lowest BCUT2D eigenvalue weighted by molar-refractivity contribution is -0.460. The van der Waals surface area contributed by atoms with Gasteiger partial charge in [-0.05, 0) is 13.8 Å². The van der Waals surface area contributed by atoms with Gasteiger partial charge in [-0.2, -0.15) is 5.48 Å². The van der Waals surface area contributed by atoms with Crippen LogP contribution in [0.3, 0.4) is 0 Å². The van der Waals surface area contributed by atoms with Crippen LogP contribution in [0.2, 0.25) is 0 Å². The van der Waals surface area contributed by atoms with Gasteiger partial charge in [0, 0.05) is 0 Å². The summed E-state index contributed by atoms with van der Waals surface area (Å²) in [5.74, 6) is 0.